The molecule has 9 nitrogen and oxygen atoms in total. The Morgan fingerprint density at radius 1 is 1.11 bits per heavy atom. The molecule has 0 radical (unpaired) electrons. The minimum absolute atomic E-state index is 0.0137. The van der Waals surface area contributed by atoms with Gasteiger partial charge >= 0.3 is 12.0 Å². The van der Waals surface area contributed by atoms with Gasteiger partial charge in [-0.2, -0.15) is 4.31 Å². The first-order valence-corrected chi connectivity index (χ1v) is 10.2. The highest BCUT2D eigenvalue weighted by atomic mass is 32.2. The fourth-order valence-electron chi connectivity index (χ4n) is 2.25. The first-order chi connectivity index (χ1) is 12.9. The number of rotatable bonds is 7. The predicted molar refractivity (Wildman–Crippen MR) is 103 cm³/mol. The van der Waals surface area contributed by atoms with Crippen LogP contribution in [0.25, 0.3) is 0 Å². The van der Waals surface area contributed by atoms with Crippen LogP contribution in [-0.4, -0.2) is 55.9 Å². The fourth-order valence-corrected chi connectivity index (χ4v) is 3.75. The third kappa shape index (κ3) is 6.93. The molecule has 10 heteroatoms. The quantitative estimate of drug-likeness (QED) is 0.653. The SMILES string of the molecule is CCN(CC)S(=O)(=O)c1cccc(C(=O)OCC(=O)NC(=O)NC(C)(C)C)c1. The van der Waals surface area contributed by atoms with Crippen molar-refractivity contribution in [1.82, 2.24) is 14.9 Å². The maximum atomic E-state index is 12.5. The van der Waals surface area contributed by atoms with Crippen LogP contribution in [0.5, 0.6) is 0 Å². The number of nitrogens with zero attached hydrogens (tertiary/aromatic N) is 1. The van der Waals surface area contributed by atoms with Crippen molar-refractivity contribution in [2.24, 2.45) is 0 Å². The molecular weight excluding hydrogens is 386 g/mol. The van der Waals surface area contributed by atoms with Gasteiger partial charge in [0, 0.05) is 18.6 Å². The molecule has 0 saturated carbocycles. The summed E-state index contributed by atoms with van der Waals surface area (Å²) in [6.45, 7) is 8.59. The van der Waals surface area contributed by atoms with E-state index in [9.17, 15) is 22.8 Å². The second kappa shape index (κ2) is 9.65. The van der Waals surface area contributed by atoms with E-state index in [0.29, 0.717) is 13.1 Å². The first kappa shape index (κ1) is 23.6. The maximum Gasteiger partial charge on any atom is 0.338 e. The smallest absolute Gasteiger partial charge is 0.338 e. The molecule has 0 fully saturated rings. The molecule has 0 aliphatic heterocycles. The van der Waals surface area contributed by atoms with E-state index in [0.717, 1.165) is 0 Å². The summed E-state index contributed by atoms with van der Waals surface area (Å²) in [5.74, 6) is -1.68. The first-order valence-electron chi connectivity index (χ1n) is 8.80. The maximum absolute atomic E-state index is 12.5. The molecule has 0 heterocycles. The highest BCUT2D eigenvalue weighted by Gasteiger charge is 2.23. The van der Waals surface area contributed by atoms with Crippen LogP contribution in [0.1, 0.15) is 45.0 Å². The molecule has 0 aliphatic rings. The van der Waals surface area contributed by atoms with Crippen molar-refractivity contribution < 1.29 is 27.5 Å². The van der Waals surface area contributed by atoms with E-state index in [2.05, 4.69) is 5.32 Å². The lowest BCUT2D eigenvalue weighted by molar-refractivity contribution is -0.123. The van der Waals surface area contributed by atoms with Crippen LogP contribution >= 0.6 is 0 Å². The average Bonchev–Trinajstić information content (AvgIpc) is 2.58. The number of imide groups is 1. The molecule has 0 unspecified atom stereocenters. The number of nitrogens with one attached hydrogen (secondary N) is 2. The van der Waals surface area contributed by atoms with E-state index in [1.165, 1.54) is 28.6 Å². The van der Waals surface area contributed by atoms with E-state index >= 15 is 0 Å². The Kier molecular flexibility index (Phi) is 8.13. The molecule has 28 heavy (non-hydrogen) atoms. The molecule has 0 aliphatic carbocycles. The van der Waals surface area contributed by atoms with Crippen molar-refractivity contribution in [2.45, 2.75) is 45.1 Å². The van der Waals surface area contributed by atoms with Gasteiger partial charge in [0.15, 0.2) is 6.61 Å². The Morgan fingerprint density at radius 2 is 1.71 bits per heavy atom. The third-order valence-corrected chi connectivity index (χ3v) is 5.53. The number of carbonyl (C=O) groups is 3. The van der Waals surface area contributed by atoms with E-state index in [4.69, 9.17) is 4.74 Å². The average molecular weight is 413 g/mol. The minimum Gasteiger partial charge on any atom is -0.452 e. The van der Waals surface area contributed by atoms with Crippen LogP contribution < -0.4 is 10.6 Å². The van der Waals surface area contributed by atoms with Crippen LogP contribution in [0.3, 0.4) is 0 Å². The summed E-state index contributed by atoms with van der Waals surface area (Å²) in [6.07, 6.45) is 0. The lowest BCUT2D eigenvalue weighted by atomic mass is 10.1. The van der Waals surface area contributed by atoms with Crippen LogP contribution in [-0.2, 0) is 19.6 Å². The van der Waals surface area contributed by atoms with Gasteiger partial charge in [-0.15, -0.1) is 0 Å². The van der Waals surface area contributed by atoms with Crippen LogP contribution in [0.2, 0.25) is 0 Å². The number of hydrogen-bond donors (Lipinski definition) is 2. The number of hydrogen-bond acceptors (Lipinski definition) is 6. The van der Waals surface area contributed by atoms with Gasteiger partial charge in [-0.25, -0.2) is 18.0 Å². The topological polar surface area (TPSA) is 122 Å². The van der Waals surface area contributed by atoms with Gasteiger partial charge in [-0.1, -0.05) is 19.9 Å². The van der Waals surface area contributed by atoms with Gasteiger partial charge in [0.05, 0.1) is 10.5 Å². The molecule has 0 bridgehead atoms. The molecule has 0 saturated heterocycles. The van der Waals surface area contributed by atoms with Crippen molar-refractivity contribution in [3.63, 3.8) is 0 Å². The minimum atomic E-state index is -3.73. The van der Waals surface area contributed by atoms with Gasteiger partial charge < -0.3 is 10.1 Å². The molecule has 0 atom stereocenters. The van der Waals surface area contributed by atoms with Crippen molar-refractivity contribution in [3.8, 4) is 0 Å². The molecule has 3 amide bonds. The zero-order valence-electron chi connectivity index (χ0n) is 16.7. The largest absolute Gasteiger partial charge is 0.452 e. The Balaban J connectivity index is 2.76. The molecule has 1 rings (SSSR count). The molecule has 2 N–H and O–H groups in total. The number of esters is 1. The van der Waals surface area contributed by atoms with Gasteiger partial charge in [0.1, 0.15) is 0 Å². The molecular formula is C18H27N3O6S. The number of sulfonamides is 1. The Bertz CT molecular complexity index is 826. The monoisotopic (exact) mass is 413 g/mol. The Labute approximate surface area is 165 Å². The second-order valence-electron chi connectivity index (χ2n) is 6.95. The lowest BCUT2D eigenvalue weighted by Gasteiger charge is -2.20. The van der Waals surface area contributed by atoms with Crippen molar-refractivity contribution in [1.29, 1.82) is 0 Å². The standard InChI is InChI=1S/C18H27N3O6S/c1-6-21(7-2)28(25,26)14-10-8-9-13(11-14)16(23)27-12-15(22)19-17(24)20-18(3,4)5/h8-11H,6-7,12H2,1-5H3,(H2,19,20,22,24). The zero-order valence-corrected chi connectivity index (χ0v) is 17.6. The number of carbonyl (C=O) groups excluding carboxylic acids is 3. The molecule has 1 aromatic rings. The molecule has 0 aromatic heterocycles. The van der Waals surface area contributed by atoms with E-state index in [-0.39, 0.29) is 10.5 Å². The number of ether oxygens (including phenoxy) is 1. The Hall–Kier alpha value is -2.46. The van der Waals surface area contributed by atoms with Crippen LogP contribution in [0, 0.1) is 0 Å². The van der Waals surface area contributed by atoms with E-state index in [1.54, 1.807) is 34.6 Å². The summed E-state index contributed by atoms with van der Waals surface area (Å²) in [5, 5.41) is 4.57. The molecule has 1 aromatic carbocycles. The van der Waals surface area contributed by atoms with Gasteiger partial charge in [0.2, 0.25) is 10.0 Å². The highest BCUT2D eigenvalue weighted by Crippen LogP contribution is 2.17. The summed E-state index contributed by atoms with van der Waals surface area (Å²) in [5.41, 5.74) is -0.544. The zero-order chi connectivity index (χ0) is 21.5. The van der Waals surface area contributed by atoms with Crippen molar-refractivity contribution >= 4 is 27.9 Å². The van der Waals surface area contributed by atoms with Crippen molar-refractivity contribution in [2.75, 3.05) is 19.7 Å². The van der Waals surface area contributed by atoms with Crippen molar-refractivity contribution in [3.05, 3.63) is 29.8 Å². The highest BCUT2D eigenvalue weighted by molar-refractivity contribution is 7.89. The summed E-state index contributed by atoms with van der Waals surface area (Å²) in [6, 6.07) is 4.67. The van der Waals surface area contributed by atoms with E-state index < -0.39 is 40.1 Å². The second-order valence-corrected chi connectivity index (χ2v) is 8.88. The summed E-state index contributed by atoms with van der Waals surface area (Å²) >= 11 is 0. The summed E-state index contributed by atoms with van der Waals surface area (Å²) < 4.78 is 31.2. The van der Waals surface area contributed by atoms with Gasteiger partial charge in [-0.3, -0.25) is 10.1 Å². The van der Waals surface area contributed by atoms with Gasteiger partial charge in [-0.05, 0) is 39.0 Å². The lowest BCUT2D eigenvalue weighted by Crippen LogP contribution is -2.49. The van der Waals surface area contributed by atoms with Crippen LogP contribution in [0.15, 0.2) is 29.2 Å². The number of benzene rings is 1. The summed E-state index contributed by atoms with van der Waals surface area (Å²) in [7, 11) is -3.73. The predicted octanol–water partition coefficient (Wildman–Crippen LogP) is 1.50. The Morgan fingerprint density at radius 3 is 2.25 bits per heavy atom. The third-order valence-electron chi connectivity index (χ3n) is 3.49. The normalized spacial score (nSPS) is 11.8. The summed E-state index contributed by atoms with van der Waals surface area (Å²) in [4.78, 5) is 35.4. The number of amides is 3. The van der Waals surface area contributed by atoms with Crippen LogP contribution in [0.4, 0.5) is 4.79 Å². The fraction of sp³-hybridized carbons (Fsp3) is 0.500. The van der Waals surface area contributed by atoms with Gasteiger partial charge in [0.25, 0.3) is 5.91 Å². The number of urea groups is 1. The molecule has 0 spiro atoms. The molecule has 156 valence electrons. The van der Waals surface area contributed by atoms with E-state index in [1.807, 2.05) is 5.32 Å².